The second-order valence-electron chi connectivity index (χ2n) is 5.70. The highest BCUT2D eigenvalue weighted by atomic mass is 31.2. The van der Waals surface area contributed by atoms with Crippen LogP contribution in [0.1, 0.15) is 78.6 Å². The van der Waals surface area contributed by atoms with Gasteiger partial charge < -0.3 is 14.5 Å². The molecule has 0 spiro atoms. The molecule has 0 rings (SSSR count). The quantitative estimate of drug-likeness (QED) is 0.419. The van der Waals surface area contributed by atoms with E-state index in [4.69, 9.17) is 4.74 Å². The third kappa shape index (κ3) is 7.44. The molecular weight excluding hydrogens is 291 g/mol. The minimum atomic E-state index is -4.26. The first kappa shape index (κ1) is 20.6. The van der Waals surface area contributed by atoms with Crippen LogP contribution in [-0.4, -0.2) is 27.5 Å². The Hall–Kier alpha value is -0.380. The van der Waals surface area contributed by atoms with E-state index in [0.717, 1.165) is 32.1 Å². The Morgan fingerprint density at radius 2 is 1.52 bits per heavy atom. The van der Waals surface area contributed by atoms with E-state index in [0.29, 0.717) is 19.4 Å². The first-order chi connectivity index (χ1) is 9.83. The van der Waals surface area contributed by atoms with Gasteiger partial charge in [0.25, 0.3) is 0 Å². The SMILES string of the molecule is CCCCC(CCCC)(CCC(=O)OCCC)P(=O)(O)O. The van der Waals surface area contributed by atoms with Crippen molar-refractivity contribution in [2.75, 3.05) is 6.61 Å². The van der Waals surface area contributed by atoms with E-state index in [1.165, 1.54) is 0 Å². The molecule has 0 fully saturated rings. The Morgan fingerprint density at radius 3 is 1.90 bits per heavy atom. The molecule has 5 nitrogen and oxygen atoms in total. The van der Waals surface area contributed by atoms with E-state index in [9.17, 15) is 19.1 Å². The van der Waals surface area contributed by atoms with Crippen LogP contribution in [0.25, 0.3) is 0 Å². The summed E-state index contributed by atoms with van der Waals surface area (Å²) in [5.41, 5.74) is 0. The molecule has 0 aromatic rings. The fraction of sp³-hybridized carbons (Fsp3) is 0.933. The maximum Gasteiger partial charge on any atom is 0.331 e. The molecule has 0 bridgehead atoms. The van der Waals surface area contributed by atoms with Crippen LogP contribution in [0.3, 0.4) is 0 Å². The lowest BCUT2D eigenvalue weighted by Gasteiger charge is -2.34. The van der Waals surface area contributed by atoms with Crippen LogP contribution in [0.15, 0.2) is 0 Å². The lowest BCUT2D eigenvalue weighted by molar-refractivity contribution is -0.143. The molecule has 21 heavy (non-hydrogen) atoms. The Bertz CT molecular complexity index is 329. The van der Waals surface area contributed by atoms with Gasteiger partial charge in [0.15, 0.2) is 0 Å². The molecule has 126 valence electrons. The summed E-state index contributed by atoms with van der Waals surface area (Å²) in [7, 11) is -4.26. The van der Waals surface area contributed by atoms with Gasteiger partial charge in [-0.25, -0.2) is 0 Å². The topological polar surface area (TPSA) is 83.8 Å². The maximum absolute atomic E-state index is 12.0. The van der Waals surface area contributed by atoms with E-state index in [1.54, 1.807) is 0 Å². The summed E-state index contributed by atoms with van der Waals surface area (Å²) in [6.07, 6.45) is 5.27. The third-order valence-corrected chi connectivity index (χ3v) is 5.78. The fourth-order valence-electron chi connectivity index (χ4n) is 2.45. The van der Waals surface area contributed by atoms with Gasteiger partial charge in [0.05, 0.1) is 11.8 Å². The number of esters is 1. The molecule has 6 heteroatoms. The van der Waals surface area contributed by atoms with Gasteiger partial charge in [-0.3, -0.25) is 9.36 Å². The molecule has 0 aliphatic heterocycles. The van der Waals surface area contributed by atoms with E-state index < -0.39 is 12.8 Å². The van der Waals surface area contributed by atoms with Crippen LogP contribution < -0.4 is 0 Å². The molecule has 0 aromatic carbocycles. The standard InChI is InChI=1S/C15H31O5P/c1-4-7-10-15(11-8-5-2,21(17,18)19)12-9-14(16)20-13-6-3/h4-13H2,1-3H3,(H2,17,18,19). The Kier molecular flexibility index (Phi) is 10.2. The van der Waals surface area contributed by atoms with Crippen molar-refractivity contribution in [2.45, 2.75) is 83.7 Å². The van der Waals surface area contributed by atoms with E-state index in [2.05, 4.69) is 0 Å². The van der Waals surface area contributed by atoms with Crippen molar-refractivity contribution in [3.05, 3.63) is 0 Å². The van der Waals surface area contributed by atoms with Gasteiger partial charge >= 0.3 is 13.6 Å². The molecule has 0 radical (unpaired) electrons. The van der Waals surface area contributed by atoms with Crippen LogP contribution in [0, 0.1) is 0 Å². The van der Waals surface area contributed by atoms with Crippen molar-refractivity contribution in [1.29, 1.82) is 0 Å². The van der Waals surface area contributed by atoms with Crippen LogP contribution in [0.4, 0.5) is 0 Å². The molecule has 0 saturated heterocycles. The predicted octanol–water partition coefficient (Wildman–Crippen LogP) is 4.02. The number of carbonyl (C=O) groups excluding carboxylic acids is 1. The molecule has 0 heterocycles. The molecule has 0 amide bonds. The lowest BCUT2D eigenvalue weighted by atomic mass is 9.90. The summed E-state index contributed by atoms with van der Waals surface area (Å²) in [5, 5.41) is -1.07. The Labute approximate surface area is 128 Å². The number of hydrogen-bond donors (Lipinski definition) is 2. The average molecular weight is 322 g/mol. The van der Waals surface area contributed by atoms with Crippen LogP contribution in [0.2, 0.25) is 0 Å². The van der Waals surface area contributed by atoms with Gasteiger partial charge in [-0.15, -0.1) is 0 Å². The van der Waals surface area contributed by atoms with Crippen LogP contribution in [0.5, 0.6) is 0 Å². The average Bonchev–Trinajstić information content (AvgIpc) is 2.43. The van der Waals surface area contributed by atoms with Crippen LogP contribution in [-0.2, 0) is 14.1 Å². The molecule has 2 N–H and O–H groups in total. The summed E-state index contributed by atoms with van der Waals surface area (Å²) in [4.78, 5) is 31.3. The largest absolute Gasteiger partial charge is 0.466 e. The van der Waals surface area contributed by atoms with Crippen molar-refractivity contribution >= 4 is 13.6 Å². The van der Waals surface area contributed by atoms with E-state index in [-0.39, 0.29) is 18.8 Å². The molecule has 0 aliphatic carbocycles. The highest BCUT2D eigenvalue weighted by molar-refractivity contribution is 7.53. The normalized spacial score (nSPS) is 12.4. The molecule has 0 aliphatic rings. The zero-order valence-corrected chi connectivity index (χ0v) is 14.5. The van der Waals surface area contributed by atoms with Gasteiger partial charge in [0.2, 0.25) is 0 Å². The number of carbonyl (C=O) groups is 1. The van der Waals surface area contributed by atoms with Gasteiger partial charge in [-0.05, 0) is 25.7 Å². The number of rotatable bonds is 12. The highest BCUT2D eigenvalue weighted by Crippen LogP contribution is 2.58. The van der Waals surface area contributed by atoms with Crippen molar-refractivity contribution in [3.8, 4) is 0 Å². The minimum Gasteiger partial charge on any atom is -0.466 e. The summed E-state index contributed by atoms with van der Waals surface area (Å²) >= 11 is 0. The second kappa shape index (κ2) is 10.4. The van der Waals surface area contributed by atoms with Crippen molar-refractivity contribution in [2.24, 2.45) is 0 Å². The van der Waals surface area contributed by atoms with Crippen LogP contribution >= 0.6 is 7.60 Å². The lowest BCUT2D eigenvalue weighted by Crippen LogP contribution is -2.30. The van der Waals surface area contributed by atoms with Crippen molar-refractivity contribution in [3.63, 3.8) is 0 Å². The third-order valence-electron chi connectivity index (χ3n) is 3.87. The second-order valence-corrected chi connectivity index (χ2v) is 7.73. The smallest absolute Gasteiger partial charge is 0.331 e. The zero-order chi connectivity index (χ0) is 16.4. The van der Waals surface area contributed by atoms with E-state index >= 15 is 0 Å². The summed E-state index contributed by atoms with van der Waals surface area (Å²) in [6, 6.07) is 0. The van der Waals surface area contributed by atoms with Gasteiger partial charge in [0, 0.05) is 6.42 Å². The van der Waals surface area contributed by atoms with Gasteiger partial charge in [-0.2, -0.15) is 0 Å². The first-order valence-electron chi connectivity index (χ1n) is 8.04. The Balaban J connectivity index is 4.89. The monoisotopic (exact) mass is 322 g/mol. The zero-order valence-electron chi connectivity index (χ0n) is 13.6. The minimum absolute atomic E-state index is 0.0819. The molecule has 0 saturated carbocycles. The first-order valence-corrected chi connectivity index (χ1v) is 9.65. The maximum atomic E-state index is 12.0. The highest BCUT2D eigenvalue weighted by Gasteiger charge is 2.45. The number of ether oxygens (including phenoxy) is 1. The van der Waals surface area contributed by atoms with E-state index in [1.807, 2.05) is 20.8 Å². The summed E-state index contributed by atoms with van der Waals surface area (Å²) in [6.45, 7) is 6.28. The van der Waals surface area contributed by atoms with Gasteiger partial charge in [0.1, 0.15) is 0 Å². The van der Waals surface area contributed by atoms with Gasteiger partial charge in [-0.1, -0.05) is 46.5 Å². The predicted molar refractivity (Wildman–Crippen MR) is 84.3 cm³/mol. The molecular formula is C15H31O5P. The number of unbranched alkanes of at least 4 members (excludes halogenated alkanes) is 2. The molecule has 0 atom stereocenters. The van der Waals surface area contributed by atoms with Crippen molar-refractivity contribution < 1.29 is 23.9 Å². The van der Waals surface area contributed by atoms with Crippen molar-refractivity contribution in [1.82, 2.24) is 0 Å². The summed E-state index contributed by atoms with van der Waals surface area (Å²) in [5.74, 6) is -0.359. The fourth-order valence-corrected chi connectivity index (χ4v) is 3.75. The number of hydrogen-bond acceptors (Lipinski definition) is 3. The summed E-state index contributed by atoms with van der Waals surface area (Å²) < 4.78 is 17.1. The molecule has 0 unspecified atom stereocenters. The molecule has 0 aromatic heterocycles. The Morgan fingerprint density at radius 1 is 1.00 bits per heavy atom.